The molecular weight excluding hydrogens is 1120 g/mol. The van der Waals surface area contributed by atoms with Crippen molar-refractivity contribution in [3.05, 3.63) is 47.0 Å². The molecule has 288 valence electrons. The maximum atomic E-state index is 14.5. The number of benzene rings is 1. The summed E-state index contributed by atoms with van der Waals surface area (Å²) in [6, 6.07) is 6.23. The predicted molar refractivity (Wildman–Crippen MR) is 176 cm³/mol. The van der Waals surface area contributed by atoms with Gasteiger partial charge in [0.2, 0.25) is 0 Å². The summed E-state index contributed by atoms with van der Waals surface area (Å²) in [5, 5.41) is 71.7. The minimum absolute atomic E-state index is 0. The van der Waals surface area contributed by atoms with Crippen LogP contribution in [0.4, 0.5) is 4.79 Å². The molecule has 17 heteroatoms. The van der Waals surface area contributed by atoms with Crippen molar-refractivity contribution >= 4 is 23.8 Å². The molecule has 3 aliphatic carbocycles. The molecule has 1 unspecified atom stereocenters. The number of rotatable bonds is 7. The van der Waals surface area contributed by atoms with Gasteiger partial charge in [0, 0.05) is 112 Å². The summed E-state index contributed by atoms with van der Waals surface area (Å²) >= 11 is 0. The molecule has 4 aliphatic rings. The average molecular weight is 1170 g/mol. The van der Waals surface area contributed by atoms with Gasteiger partial charge in [-0.15, -0.1) is 0 Å². The molecule has 2 saturated carbocycles. The topological polar surface area (TPSA) is 239 Å². The Hall–Kier alpha value is -0.557. The molecule has 53 heavy (non-hydrogen) atoms. The molecule has 11 atom stereocenters. The molecule has 5 rings (SSSR count). The van der Waals surface area contributed by atoms with Crippen molar-refractivity contribution in [3.63, 3.8) is 0 Å². The Morgan fingerprint density at radius 3 is 2.17 bits per heavy atom. The van der Waals surface area contributed by atoms with Gasteiger partial charge in [-0.1, -0.05) is 32.0 Å². The van der Waals surface area contributed by atoms with E-state index < -0.39 is 113 Å². The zero-order valence-electron chi connectivity index (χ0n) is 30.9. The Morgan fingerprint density at radius 1 is 1.04 bits per heavy atom. The molecule has 1 heterocycles. The van der Waals surface area contributed by atoms with E-state index >= 15 is 0 Å². The number of carbonyl (C=O) groups is 4. The molecule has 2 bridgehead atoms. The van der Waals surface area contributed by atoms with E-state index in [4.69, 9.17) is 18.9 Å². The molecule has 1 amide bonds. The number of aliphatic hydroxyl groups is 6. The molecular formula is C36H49Ac2NO14. The average Bonchev–Trinajstić information content (AvgIpc) is 3.05. The number of ether oxygens (including phenoxy) is 4. The van der Waals surface area contributed by atoms with Crippen LogP contribution < -0.4 is 5.32 Å². The molecule has 1 aromatic rings. The SMILES string of the molecule is CC1=C2[C@@H](O)C(=O)[C@@]3(C)[C@H]([C@H](OC(=O)c4ccccc4)[C@](O)(CC1OC(=O)[C@H](O)[C@H](CO)NC(=O)OC(C)(C)C)C2(C)C)[C@]1(O)CO[C@@H]1C[C@@H]3O.[Ac].[Ac]. The number of alkyl carbamates (subject to hydrolysis) is 1. The van der Waals surface area contributed by atoms with Gasteiger partial charge in [0.15, 0.2) is 11.9 Å². The fourth-order valence-electron chi connectivity index (χ4n) is 8.43. The predicted octanol–water partition coefficient (Wildman–Crippen LogP) is 0.308. The molecule has 0 aromatic heterocycles. The van der Waals surface area contributed by atoms with Gasteiger partial charge in [0.25, 0.3) is 0 Å². The van der Waals surface area contributed by atoms with Crippen molar-refractivity contribution in [1.82, 2.24) is 5.32 Å². The first-order chi connectivity index (χ1) is 23.5. The van der Waals surface area contributed by atoms with Crippen molar-refractivity contribution in [2.75, 3.05) is 13.2 Å². The zero-order chi connectivity index (χ0) is 38.1. The second-order valence-electron chi connectivity index (χ2n) is 15.9. The number of ketones is 1. The van der Waals surface area contributed by atoms with Gasteiger partial charge >= 0.3 is 18.0 Å². The van der Waals surface area contributed by atoms with Crippen LogP contribution in [-0.4, -0.2) is 127 Å². The smallest absolute Gasteiger partial charge is 0.408 e. The van der Waals surface area contributed by atoms with Crippen molar-refractivity contribution in [1.29, 1.82) is 0 Å². The Kier molecular flexibility index (Phi) is 14.8. The second-order valence-corrected chi connectivity index (χ2v) is 15.9. The summed E-state index contributed by atoms with van der Waals surface area (Å²) in [6.07, 6.45) is -11.6. The second kappa shape index (κ2) is 16.7. The molecule has 7 N–H and O–H groups in total. The Balaban J connectivity index is 0.00000378. The van der Waals surface area contributed by atoms with E-state index in [1.54, 1.807) is 39.0 Å². The number of hydrogen-bond acceptors (Lipinski definition) is 14. The van der Waals surface area contributed by atoms with Crippen LogP contribution in [0.3, 0.4) is 0 Å². The number of carbonyl (C=O) groups excluding carboxylic acids is 4. The monoisotopic (exact) mass is 1170 g/mol. The van der Waals surface area contributed by atoms with Crippen LogP contribution in [0.15, 0.2) is 41.5 Å². The molecule has 1 aliphatic heterocycles. The molecule has 15 nitrogen and oxygen atoms in total. The van der Waals surface area contributed by atoms with Crippen LogP contribution in [0.1, 0.15) is 71.7 Å². The number of esters is 2. The summed E-state index contributed by atoms with van der Waals surface area (Å²) in [7, 11) is 0. The number of Topliss-reactive ketones (excluding diaryl/α,β-unsaturated/α-hetero) is 1. The summed E-state index contributed by atoms with van der Waals surface area (Å²) < 4.78 is 22.6. The van der Waals surface area contributed by atoms with Crippen LogP contribution >= 0.6 is 0 Å². The van der Waals surface area contributed by atoms with Crippen molar-refractivity contribution in [2.45, 2.75) is 121 Å². The normalized spacial score (nSPS) is 35.5. The molecule has 1 saturated heterocycles. The number of nitrogens with one attached hydrogen (secondary N) is 1. The first-order valence-corrected chi connectivity index (χ1v) is 17.0. The standard InChI is InChI=1S/C36H49NO14.2Ac/c1-17-20(49-30(44)24(40)19(15-38)37-31(45)51-32(2,3)4)14-36(47)28(50-29(43)18-11-9-8-10-12-18)26-34(7,21(39)13-22-35(26,46)16-48-22)27(42)25(41)23(17)33(36,5)6;;/h8-12,19-22,24-26,28,38-41,46-47H,13-16H2,1-7H3,(H,37,45);;/t19-,20?,21-,22+,24+,25+,26-,28-,34+,35-,36+;;/m0../s1. The number of fused-ring (bicyclic) bond motifs is 5. The summed E-state index contributed by atoms with van der Waals surface area (Å²) in [4.78, 5) is 54.1. The third kappa shape index (κ3) is 8.12. The van der Waals surface area contributed by atoms with Gasteiger partial charge in [-0.3, -0.25) is 4.79 Å². The van der Waals surface area contributed by atoms with Gasteiger partial charge in [0.1, 0.15) is 35.1 Å². The van der Waals surface area contributed by atoms with Crippen LogP contribution in [0.25, 0.3) is 0 Å². The van der Waals surface area contributed by atoms with Crippen LogP contribution in [0, 0.1) is 105 Å². The summed E-state index contributed by atoms with van der Waals surface area (Å²) in [5.74, 6) is -4.71. The third-order valence-corrected chi connectivity index (χ3v) is 11.4. The minimum atomic E-state index is -2.33. The van der Waals surface area contributed by atoms with Gasteiger partial charge in [-0.25, -0.2) is 14.4 Å². The van der Waals surface area contributed by atoms with E-state index in [0.717, 1.165) is 0 Å². The van der Waals surface area contributed by atoms with Gasteiger partial charge in [-0.2, -0.15) is 0 Å². The number of amides is 1. The maximum Gasteiger partial charge on any atom is 0.408 e. The minimum Gasteiger partial charge on any atom is -0.456 e. The quantitative estimate of drug-likeness (QED) is 0.111. The van der Waals surface area contributed by atoms with E-state index in [-0.39, 0.29) is 118 Å². The van der Waals surface area contributed by atoms with Crippen LogP contribution in [0.2, 0.25) is 0 Å². The van der Waals surface area contributed by atoms with E-state index in [9.17, 15) is 49.8 Å². The maximum absolute atomic E-state index is 14.5. The third-order valence-electron chi connectivity index (χ3n) is 11.4. The zero-order valence-corrected chi connectivity index (χ0v) is 40.4. The molecule has 2 radical (unpaired) electrons. The van der Waals surface area contributed by atoms with Crippen LogP contribution in [-0.2, 0) is 28.5 Å². The Morgan fingerprint density at radius 2 is 1.64 bits per heavy atom. The van der Waals surface area contributed by atoms with Crippen molar-refractivity contribution in [2.24, 2.45) is 16.7 Å². The Labute approximate surface area is 379 Å². The van der Waals surface area contributed by atoms with Gasteiger partial charge in [-0.05, 0) is 57.9 Å². The first-order valence-electron chi connectivity index (χ1n) is 17.0. The van der Waals surface area contributed by atoms with E-state index in [1.165, 1.54) is 39.8 Å². The molecule has 0 spiro atoms. The Bertz CT molecular complexity index is 1600. The van der Waals surface area contributed by atoms with Crippen molar-refractivity contribution in [3.8, 4) is 0 Å². The van der Waals surface area contributed by atoms with Gasteiger partial charge in [0.05, 0.1) is 42.4 Å². The van der Waals surface area contributed by atoms with Gasteiger partial charge < -0.3 is 54.9 Å². The number of hydrogen-bond donors (Lipinski definition) is 7. The van der Waals surface area contributed by atoms with Crippen LogP contribution in [0.5, 0.6) is 0 Å². The van der Waals surface area contributed by atoms with Crippen molar-refractivity contribution < 1.29 is 157 Å². The fraction of sp³-hybridized carbons (Fsp3) is 0.667. The summed E-state index contributed by atoms with van der Waals surface area (Å²) in [6.45, 7) is 9.41. The fourth-order valence-corrected chi connectivity index (χ4v) is 8.43. The largest absolute Gasteiger partial charge is 0.456 e. The number of aliphatic hydroxyl groups excluding tert-OH is 4. The van der Waals surface area contributed by atoms with E-state index in [2.05, 4.69) is 5.32 Å². The first kappa shape index (κ1) is 46.8. The van der Waals surface area contributed by atoms with E-state index in [0.29, 0.717) is 0 Å². The van der Waals surface area contributed by atoms with E-state index in [1.807, 2.05) is 0 Å². The summed E-state index contributed by atoms with van der Waals surface area (Å²) in [5.41, 5.74) is -8.61. The molecule has 1 aromatic carbocycles. The molecule has 3 fully saturated rings.